The number of pyridine rings is 1. The molecule has 14 heavy (non-hydrogen) atoms. The van der Waals surface area contributed by atoms with Crippen LogP contribution in [0.1, 0.15) is 28.9 Å². The second-order valence-corrected chi connectivity index (χ2v) is 3.00. The summed E-state index contributed by atoms with van der Waals surface area (Å²) in [6.45, 7) is 1.59. The normalized spacial score (nSPS) is 10.3. The molecule has 1 aromatic heterocycles. The minimum Gasteiger partial charge on any atom is -0.249 e. The van der Waals surface area contributed by atoms with Gasteiger partial charge in [-0.2, -0.15) is 5.26 Å². The minimum absolute atomic E-state index is 0.0612. The van der Waals surface area contributed by atoms with Crippen molar-refractivity contribution in [3.05, 3.63) is 28.6 Å². The van der Waals surface area contributed by atoms with Crippen LogP contribution in [0.4, 0.5) is 8.78 Å². The highest BCUT2D eigenvalue weighted by atomic mass is 35.5. The second kappa shape index (κ2) is 4.34. The van der Waals surface area contributed by atoms with E-state index < -0.39 is 12.1 Å². The molecule has 0 aliphatic rings. The molecule has 1 rings (SSSR count). The van der Waals surface area contributed by atoms with E-state index in [1.54, 1.807) is 13.0 Å². The summed E-state index contributed by atoms with van der Waals surface area (Å²) < 4.78 is 24.9. The standard InChI is InChI=1S/C9H7ClF2N2/c1-5-2-6(3-10)14-8(9(11)12)7(5)4-13/h2,9H,3H2,1H3. The van der Waals surface area contributed by atoms with Crippen molar-refractivity contribution in [2.45, 2.75) is 19.2 Å². The Labute approximate surface area is 85.1 Å². The number of nitrogens with zero attached hydrogens (tertiary/aromatic N) is 2. The van der Waals surface area contributed by atoms with Crippen LogP contribution in [0, 0.1) is 18.3 Å². The fourth-order valence-corrected chi connectivity index (χ4v) is 1.28. The van der Waals surface area contributed by atoms with E-state index in [1.165, 1.54) is 6.07 Å². The highest BCUT2D eigenvalue weighted by Crippen LogP contribution is 2.23. The molecular weight excluding hydrogens is 210 g/mol. The number of alkyl halides is 3. The van der Waals surface area contributed by atoms with Gasteiger partial charge in [0.1, 0.15) is 11.8 Å². The summed E-state index contributed by atoms with van der Waals surface area (Å²) in [5, 5.41) is 8.66. The summed E-state index contributed by atoms with van der Waals surface area (Å²) in [7, 11) is 0. The third-order valence-electron chi connectivity index (χ3n) is 1.75. The maximum absolute atomic E-state index is 12.5. The third-order valence-corrected chi connectivity index (χ3v) is 2.03. The van der Waals surface area contributed by atoms with Gasteiger partial charge in [-0.15, -0.1) is 11.6 Å². The summed E-state index contributed by atoms with van der Waals surface area (Å²) in [6, 6.07) is 3.25. The summed E-state index contributed by atoms with van der Waals surface area (Å²) in [5.74, 6) is 0.0618. The van der Waals surface area contributed by atoms with E-state index in [0.717, 1.165) is 0 Å². The first-order valence-corrected chi connectivity index (χ1v) is 4.38. The largest absolute Gasteiger partial charge is 0.281 e. The molecule has 74 valence electrons. The van der Waals surface area contributed by atoms with E-state index in [1.807, 2.05) is 0 Å². The van der Waals surface area contributed by atoms with Crippen molar-refractivity contribution >= 4 is 11.6 Å². The van der Waals surface area contributed by atoms with Crippen molar-refractivity contribution in [1.29, 1.82) is 5.26 Å². The second-order valence-electron chi connectivity index (χ2n) is 2.74. The lowest BCUT2D eigenvalue weighted by molar-refractivity contribution is 0.145. The maximum Gasteiger partial charge on any atom is 0.281 e. The summed E-state index contributed by atoms with van der Waals surface area (Å²) in [5.41, 5.74) is 0.295. The van der Waals surface area contributed by atoms with E-state index in [4.69, 9.17) is 16.9 Å². The molecule has 0 atom stereocenters. The Morgan fingerprint density at radius 2 is 2.29 bits per heavy atom. The molecule has 1 heterocycles. The topological polar surface area (TPSA) is 36.7 Å². The predicted molar refractivity (Wildman–Crippen MR) is 48.2 cm³/mol. The summed E-state index contributed by atoms with van der Waals surface area (Å²) in [4.78, 5) is 3.62. The van der Waals surface area contributed by atoms with Crippen LogP contribution in [0.3, 0.4) is 0 Å². The Bertz CT molecular complexity index is 385. The molecular formula is C9H7ClF2N2. The summed E-state index contributed by atoms with van der Waals surface area (Å²) in [6.07, 6.45) is -2.74. The van der Waals surface area contributed by atoms with Crippen molar-refractivity contribution < 1.29 is 8.78 Å². The van der Waals surface area contributed by atoms with Gasteiger partial charge in [0.25, 0.3) is 6.43 Å². The third kappa shape index (κ3) is 1.99. The first-order valence-electron chi connectivity index (χ1n) is 3.84. The van der Waals surface area contributed by atoms with Crippen LogP contribution in [0.25, 0.3) is 0 Å². The number of halogens is 3. The lowest BCUT2D eigenvalue weighted by atomic mass is 10.1. The first-order chi connectivity index (χ1) is 6.60. The Balaban J connectivity index is 3.37. The Morgan fingerprint density at radius 1 is 1.64 bits per heavy atom. The average molecular weight is 217 g/mol. The Hall–Kier alpha value is -1.21. The van der Waals surface area contributed by atoms with Crippen LogP contribution in [-0.4, -0.2) is 4.98 Å². The zero-order chi connectivity index (χ0) is 10.7. The van der Waals surface area contributed by atoms with Crippen LogP contribution in [0.15, 0.2) is 6.07 Å². The van der Waals surface area contributed by atoms with Crippen LogP contribution in [0.5, 0.6) is 0 Å². The van der Waals surface area contributed by atoms with Gasteiger partial charge in [-0.25, -0.2) is 13.8 Å². The van der Waals surface area contributed by atoms with Gasteiger partial charge >= 0.3 is 0 Å². The molecule has 0 aliphatic heterocycles. The van der Waals surface area contributed by atoms with Crippen LogP contribution in [0.2, 0.25) is 0 Å². The SMILES string of the molecule is Cc1cc(CCl)nc(C(F)F)c1C#N. The van der Waals surface area contributed by atoms with Crippen LogP contribution >= 0.6 is 11.6 Å². The molecule has 2 nitrogen and oxygen atoms in total. The monoisotopic (exact) mass is 216 g/mol. The number of hydrogen-bond donors (Lipinski definition) is 0. The van der Waals surface area contributed by atoms with E-state index in [2.05, 4.69) is 4.98 Å². The lowest BCUT2D eigenvalue weighted by Crippen LogP contribution is -2.01. The van der Waals surface area contributed by atoms with Gasteiger partial charge in [-0.1, -0.05) is 0 Å². The van der Waals surface area contributed by atoms with E-state index in [9.17, 15) is 8.78 Å². The Morgan fingerprint density at radius 3 is 2.71 bits per heavy atom. The van der Waals surface area contributed by atoms with E-state index >= 15 is 0 Å². The van der Waals surface area contributed by atoms with Gasteiger partial charge in [0.05, 0.1) is 17.1 Å². The van der Waals surface area contributed by atoms with Crippen molar-refractivity contribution in [2.75, 3.05) is 0 Å². The first kappa shape index (κ1) is 10.9. The summed E-state index contributed by atoms with van der Waals surface area (Å²) >= 11 is 5.48. The molecule has 0 spiro atoms. The van der Waals surface area contributed by atoms with Gasteiger partial charge in [-0.3, -0.25) is 0 Å². The maximum atomic E-state index is 12.5. The van der Waals surface area contributed by atoms with Crippen molar-refractivity contribution in [1.82, 2.24) is 4.98 Å². The molecule has 0 fully saturated rings. The predicted octanol–water partition coefficient (Wildman–Crippen LogP) is 2.94. The smallest absolute Gasteiger partial charge is 0.249 e. The van der Waals surface area contributed by atoms with E-state index in [0.29, 0.717) is 11.3 Å². The number of nitriles is 1. The number of hydrogen-bond acceptors (Lipinski definition) is 2. The van der Waals surface area contributed by atoms with Crippen molar-refractivity contribution in [2.24, 2.45) is 0 Å². The molecule has 0 saturated carbocycles. The van der Waals surface area contributed by atoms with Crippen molar-refractivity contribution in [3.63, 3.8) is 0 Å². The van der Waals surface area contributed by atoms with Gasteiger partial charge in [0.15, 0.2) is 0 Å². The van der Waals surface area contributed by atoms with Crippen LogP contribution < -0.4 is 0 Å². The number of rotatable bonds is 2. The molecule has 0 unspecified atom stereocenters. The zero-order valence-corrected chi connectivity index (χ0v) is 8.15. The van der Waals surface area contributed by atoms with Gasteiger partial charge < -0.3 is 0 Å². The fraction of sp³-hybridized carbons (Fsp3) is 0.333. The van der Waals surface area contributed by atoms with E-state index in [-0.39, 0.29) is 11.4 Å². The molecule has 0 radical (unpaired) electrons. The number of aryl methyl sites for hydroxylation is 1. The van der Waals surface area contributed by atoms with Gasteiger partial charge in [0.2, 0.25) is 0 Å². The fourth-order valence-electron chi connectivity index (χ4n) is 1.14. The molecule has 0 bridgehead atoms. The zero-order valence-electron chi connectivity index (χ0n) is 7.39. The lowest BCUT2D eigenvalue weighted by Gasteiger charge is -2.06. The number of aromatic nitrogens is 1. The Kier molecular flexibility index (Phi) is 3.37. The molecule has 0 aromatic carbocycles. The average Bonchev–Trinajstić information content (AvgIpc) is 2.16. The van der Waals surface area contributed by atoms with Crippen LogP contribution in [-0.2, 0) is 5.88 Å². The van der Waals surface area contributed by atoms with Gasteiger partial charge in [-0.05, 0) is 18.6 Å². The molecule has 0 amide bonds. The molecule has 1 aromatic rings. The highest BCUT2D eigenvalue weighted by molar-refractivity contribution is 6.16. The molecule has 0 aliphatic carbocycles. The molecule has 5 heteroatoms. The quantitative estimate of drug-likeness (QED) is 0.713. The molecule has 0 N–H and O–H groups in total. The molecule has 0 saturated heterocycles. The van der Waals surface area contributed by atoms with Gasteiger partial charge in [0, 0.05) is 0 Å². The minimum atomic E-state index is -2.74. The van der Waals surface area contributed by atoms with Crippen molar-refractivity contribution in [3.8, 4) is 6.07 Å². The highest BCUT2D eigenvalue weighted by Gasteiger charge is 2.17.